The quantitative estimate of drug-likeness (QED) is 0.0570. The zero-order valence-corrected chi connectivity index (χ0v) is 20.4. The monoisotopic (exact) mass is 671 g/mol. The highest BCUT2D eigenvalue weighted by Crippen LogP contribution is 2.64. The molecule has 0 fully saturated rings. The van der Waals surface area contributed by atoms with Crippen molar-refractivity contribution in [3.05, 3.63) is 27.8 Å². The van der Waals surface area contributed by atoms with Gasteiger partial charge < -0.3 is 15.3 Å². The van der Waals surface area contributed by atoms with Crippen LogP contribution < -0.4 is 15.3 Å². The van der Waals surface area contributed by atoms with Gasteiger partial charge in [-0.15, -0.1) is 0 Å². The molecule has 1 rings (SSSR count). The average molecular weight is 671 g/mol. The number of nitro groups is 1. The van der Waals surface area contributed by atoms with Crippen LogP contribution in [0, 0.1) is 10.1 Å². The molecule has 24 heteroatoms. The molecular formula is C19H14F17N3O4. The number of nitro benzene ring substituents is 1. The van der Waals surface area contributed by atoms with Crippen LogP contribution in [0.25, 0.3) is 0 Å². The Kier molecular flexibility index (Phi) is 10.1. The summed E-state index contributed by atoms with van der Waals surface area (Å²) in [7, 11) is 0.915. The predicted molar refractivity (Wildman–Crippen MR) is 107 cm³/mol. The molecular weight excluding hydrogens is 657 g/mol. The molecule has 0 radical (unpaired) electrons. The number of alkyl halides is 17. The highest BCUT2D eigenvalue weighted by atomic mass is 19.4. The van der Waals surface area contributed by atoms with Gasteiger partial charge in [-0.05, 0) is 12.5 Å². The van der Waals surface area contributed by atoms with Crippen LogP contribution >= 0.6 is 0 Å². The van der Waals surface area contributed by atoms with Crippen molar-refractivity contribution in [3.63, 3.8) is 0 Å². The number of halogens is 17. The third kappa shape index (κ3) is 5.99. The number of nitrogens with zero attached hydrogens (tertiary/aromatic N) is 2. The van der Waals surface area contributed by atoms with Gasteiger partial charge in [-0.2, -0.15) is 79.7 Å². The van der Waals surface area contributed by atoms with E-state index in [-0.39, 0.29) is 5.56 Å². The summed E-state index contributed by atoms with van der Waals surface area (Å²) in [4.78, 5) is 10.1. The van der Waals surface area contributed by atoms with Gasteiger partial charge in [0, 0.05) is 6.42 Å². The molecule has 0 aliphatic carbocycles. The second-order valence-corrected chi connectivity index (χ2v) is 8.20. The number of hydrogen-bond donors (Lipinski definition) is 1. The van der Waals surface area contributed by atoms with E-state index >= 15 is 0 Å². The summed E-state index contributed by atoms with van der Waals surface area (Å²) in [6.45, 7) is -1.32. The first-order valence-corrected chi connectivity index (χ1v) is 10.5. The lowest BCUT2D eigenvalue weighted by atomic mass is 9.88. The van der Waals surface area contributed by atoms with Crippen LogP contribution in [0.3, 0.4) is 0 Å². The number of methoxy groups -OCH3 is 1. The van der Waals surface area contributed by atoms with Crippen molar-refractivity contribution in [2.24, 2.45) is 10.9 Å². The van der Waals surface area contributed by atoms with Crippen LogP contribution in [-0.2, 0) is 0 Å². The topological polar surface area (TPSA) is 100.0 Å². The zero-order chi connectivity index (χ0) is 34.3. The first kappa shape index (κ1) is 37.5. The summed E-state index contributed by atoms with van der Waals surface area (Å²) in [6, 6.07) is 1.36. The molecule has 0 heterocycles. The fraction of sp³-hybridized carbons (Fsp3) is 0.632. The Morgan fingerprint density at radius 3 is 1.60 bits per heavy atom. The minimum atomic E-state index is -8.71. The maximum Gasteiger partial charge on any atom is 0.460 e. The first-order valence-electron chi connectivity index (χ1n) is 10.5. The molecule has 0 aromatic heterocycles. The lowest BCUT2D eigenvalue weighted by Crippen LogP contribution is -2.74. The number of rotatable bonds is 14. The third-order valence-electron chi connectivity index (χ3n) is 5.40. The molecule has 0 saturated carbocycles. The van der Waals surface area contributed by atoms with E-state index in [9.17, 15) is 84.8 Å². The van der Waals surface area contributed by atoms with Crippen LogP contribution in [0.15, 0.2) is 17.2 Å². The average Bonchev–Trinajstić information content (AvgIpc) is 2.85. The van der Waals surface area contributed by atoms with Gasteiger partial charge in [0.2, 0.25) is 0 Å². The highest BCUT2D eigenvalue weighted by molar-refractivity contribution is 5.86. The van der Waals surface area contributed by atoms with E-state index in [0.29, 0.717) is 6.07 Å². The molecule has 0 spiro atoms. The Balaban J connectivity index is 3.31. The van der Waals surface area contributed by atoms with E-state index in [2.05, 4.69) is 5.10 Å². The Bertz CT molecular complexity index is 1200. The molecule has 0 saturated heterocycles. The fourth-order valence-electron chi connectivity index (χ4n) is 3.01. The van der Waals surface area contributed by atoms with Crippen LogP contribution in [-0.4, -0.2) is 72.5 Å². The van der Waals surface area contributed by atoms with Gasteiger partial charge in [0.15, 0.2) is 11.5 Å². The smallest absolute Gasteiger partial charge is 0.460 e. The van der Waals surface area contributed by atoms with Crippen molar-refractivity contribution in [3.8, 4) is 11.5 Å². The second-order valence-electron chi connectivity index (χ2n) is 8.20. The minimum Gasteiger partial charge on any atom is -0.493 e. The number of benzene rings is 1. The van der Waals surface area contributed by atoms with E-state index in [1.165, 1.54) is 0 Å². The summed E-state index contributed by atoms with van der Waals surface area (Å²) >= 11 is 0. The largest absolute Gasteiger partial charge is 0.493 e. The SMILES string of the molecule is COc1cc(/C=N/N)c([N+](=O)[O-])cc1OCCCC(F)(F)C(F)(F)C(F)(F)C(F)(F)C(F)(F)C(F)(F)C(F)(F)C(F)(F)F. The van der Waals surface area contributed by atoms with E-state index in [0.717, 1.165) is 19.4 Å². The Morgan fingerprint density at radius 1 is 0.767 bits per heavy atom. The molecule has 0 amide bonds. The summed E-state index contributed by atoms with van der Waals surface area (Å²) in [5.41, 5.74) is -1.17. The van der Waals surface area contributed by atoms with Gasteiger partial charge in [-0.25, -0.2) is 0 Å². The highest BCUT2D eigenvalue weighted by Gasteiger charge is 2.95. The molecule has 0 atom stereocenters. The van der Waals surface area contributed by atoms with E-state index in [4.69, 9.17) is 15.3 Å². The fourth-order valence-corrected chi connectivity index (χ4v) is 3.01. The lowest BCUT2D eigenvalue weighted by molar-refractivity contribution is -0.461. The number of nitrogens with two attached hydrogens (primary N) is 1. The van der Waals surface area contributed by atoms with Crippen molar-refractivity contribution >= 4 is 11.9 Å². The van der Waals surface area contributed by atoms with Crippen molar-refractivity contribution in [1.82, 2.24) is 0 Å². The summed E-state index contributed by atoms with van der Waals surface area (Å²) in [5, 5.41) is 14.1. The van der Waals surface area contributed by atoms with Crippen LogP contribution in [0.2, 0.25) is 0 Å². The second kappa shape index (κ2) is 11.5. The van der Waals surface area contributed by atoms with Crippen molar-refractivity contribution in [2.45, 2.75) is 60.5 Å². The van der Waals surface area contributed by atoms with Crippen LogP contribution in [0.5, 0.6) is 11.5 Å². The molecule has 1 aromatic rings. The Hall–Kier alpha value is -3.50. The van der Waals surface area contributed by atoms with Crippen molar-refractivity contribution in [2.75, 3.05) is 13.7 Å². The standard InChI is InChI=1S/C19H14F17N3O4/c1-42-10-5-8(7-38-37)9(39(40)41)6-11(10)43-4-2-3-12(20,21)13(22,23)14(24,25)15(26,27)16(28,29)17(30,31)18(32,33)19(34,35)36/h5-7H,2-4,37H2,1H3/b38-7+. The number of hydrazone groups is 1. The molecule has 1 aromatic carbocycles. The van der Waals surface area contributed by atoms with E-state index in [1.54, 1.807) is 0 Å². The van der Waals surface area contributed by atoms with Gasteiger partial charge in [-0.3, -0.25) is 10.1 Å². The normalized spacial score (nSPS) is 14.7. The van der Waals surface area contributed by atoms with Crippen LogP contribution in [0.1, 0.15) is 18.4 Å². The van der Waals surface area contributed by atoms with Gasteiger partial charge in [0.05, 0.1) is 36.5 Å². The summed E-state index contributed by atoms with van der Waals surface area (Å²) < 4.78 is 236. The van der Waals surface area contributed by atoms with Crippen molar-refractivity contribution < 1.29 is 89.0 Å². The minimum absolute atomic E-state index is 0.332. The molecule has 2 N–H and O–H groups in total. The molecule has 0 aliphatic heterocycles. The summed E-state index contributed by atoms with van der Waals surface area (Å²) in [5.74, 6) is -53.3. The predicted octanol–water partition coefficient (Wildman–Crippen LogP) is 7.06. The molecule has 0 aliphatic rings. The Morgan fingerprint density at radius 2 is 1.21 bits per heavy atom. The first-order chi connectivity index (χ1) is 19.0. The van der Waals surface area contributed by atoms with Gasteiger partial charge in [0.1, 0.15) is 0 Å². The number of ether oxygens (including phenoxy) is 2. The maximum atomic E-state index is 14.0. The van der Waals surface area contributed by atoms with E-state index in [1.807, 2.05) is 0 Å². The van der Waals surface area contributed by atoms with Crippen molar-refractivity contribution in [1.29, 1.82) is 0 Å². The van der Waals surface area contributed by atoms with Gasteiger partial charge in [-0.1, -0.05) is 0 Å². The maximum absolute atomic E-state index is 14.0. The lowest BCUT2D eigenvalue weighted by Gasteiger charge is -2.42. The summed E-state index contributed by atoms with van der Waals surface area (Å²) in [6.07, 6.45) is -11.5. The van der Waals surface area contributed by atoms with E-state index < -0.39 is 89.2 Å². The van der Waals surface area contributed by atoms with Gasteiger partial charge >= 0.3 is 47.6 Å². The zero-order valence-electron chi connectivity index (χ0n) is 20.4. The van der Waals surface area contributed by atoms with Crippen LogP contribution in [0.4, 0.5) is 80.3 Å². The van der Waals surface area contributed by atoms with Gasteiger partial charge in [0.25, 0.3) is 5.69 Å². The molecule has 0 bridgehead atoms. The number of hydrogen-bond acceptors (Lipinski definition) is 6. The Labute approximate surface area is 226 Å². The third-order valence-corrected chi connectivity index (χ3v) is 5.40. The molecule has 0 unspecified atom stereocenters. The molecule has 7 nitrogen and oxygen atoms in total. The molecule has 43 heavy (non-hydrogen) atoms. The molecule has 248 valence electrons.